The summed E-state index contributed by atoms with van der Waals surface area (Å²) in [7, 11) is 1.57. The van der Waals surface area contributed by atoms with E-state index in [1.165, 1.54) is 0 Å². The predicted octanol–water partition coefficient (Wildman–Crippen LogP) is 3.54. The molecule has 1 unspecified atom stereocenters. The number of anilines is 1. The molecule has 0 bridgehead atoms. The zero-order valence-corrected chi connectivity index (χ0v) is 18.3. The van der Waals surface area contributed by atoms with Gasteiger partial charge in [-0.15, -0.1) is 12.4 Å². The summed E-state index contributed by atoms with van der Waals surface area (Å²) < 4.78 is 5.62. The lowest BCUT2D eigenvalue weighted by molar-refractivity contribution is -0.140. The molecule has 168 valence electrons. The molecule has 1 aromatic heterocycles. The third-order valence-electron chi connectivity index (χ3n) is 4.51. The Balaban J connectivity index is 0.00000363. The monoisotopic (exact) mass is 456 g/mol. The van der Waals surface area contributed by atoms with Crippen LogP contribution in [0.15, 0.2) is 72.9 Å². The molecule has 9 heteroatoms. The molecule has 1 heterocycles. The van der Waals surface area contributed by atoms with Crippen molar-refractivity contribution in [2.45, 2.75) is 12.6 Å². The van der Waals surface area contributed by atoms with Crippen LogP contribution in [-0.4, -0.2) is 41.8 Å². The first-order valence-electron chi connectivity index (χ1n) is 9.73. The summed E-state index contributed by atoms with van der Waals surface area (Å²) in [5.41, 5.74) is 3.18. The van der Waals surface area contributed by atoms with E-state index >= 15 is 0 Å². The van der Waals surface area contributed by atoms with Crippen LogP contribution in [0.5, 0.6) is 5.75 Å². The van der Waals surface area contributed by atoms with Crippen LogP contribution >= 0.6 is 12.4 Å². The Bertz CT molecular complexity index is 1030. The van der Waals surface area contributed by atoms with E-state index < -0.39 is 12.0 Å². The SMILES string of the molecule is CNC(COc1cccc(-c2cccc(NC(=O)NCc3ccccn3)c2)c1)C(=O)O.Cl. The Morgan fingerprint density at radius 3 is 2.47 bits per heavy atom. The first-order valence-corrected chi connectivity index (χ1v) is 9.73. The number of halogens is 1. The van der Waals surface area contributed by atoms with Gasteiger partial charge in [0.1, 0.15) is 18.4 Å². The number of carbonyl (C=O) groups excluding carboxylic acids is 1. The number of carbonyl (C=O) groups is 2. The van der Waals surface area contributed by atoms with Crippen LogP contribution < -0.4 is 20.7 Å². The number of amides is 2. The fourth-order valence-corrected chi connectivity index (χ4v) is 2.85. The van der Waals surface area contributed by atoms with Crippen molar-refractivity contribution in [3.8, 4) is 16.9 Å². The summed E-state index contributed by atoms with van der Waals surface area (Å²) in [5.74, 6) is -0.413. The van der Waals surface area contributed by atoms with E-state index in [-0.39, 0.29) is 25.0 Å². The van der Waals surface area contributed by atoms with E-state index in [9.17, 15) is 9.59 Å². The van der Waals surface area contributed by atoms with Crippen molar-refractivity contribution in [1.82, 2.24) is 15.6 Å². The van der Waals surface area contributed by atoms with Gasteiger partial charge in [0.05, 0.1) is 12.2 Å². The number of likely N-dealkylation sites (N-methyl/N-ethyl adjacent to an activating group) is 1. The summed E-state index contributed by atoms with van der Waals surface area (Å²) in [6.07, 6.45) is 1.68. The van der Waals surface area contributed by atoms with E-state index in [1.54, 1.807) is 25.4 Å². The van der Waals surface area contributed by atoms with Crippen molar-refractivity contribution in [3.63, 3.8) is 0 Å². The van der Waals surface area contributed by atoms with Crippen LogP contribution in [0, 0.1) is 0 Å². The third-order valence-corrected chi connectivity index (χ3v) is 4.51. The Hall–Kier alpha value is -3.62. The fourth-order valence-electron chi connectivity index (χ4n) is 2.85. The Labute approximate surface area is 192 Å². The van der Waals surface area contributed by atoms with Gasteiger partial charge in [0, 0.05) is 11.9 Å². The number of aliphatic carboxylic acids is 1. The average Bonchev–Trinajstić information content (AvgIpc) is 2.79. The molecule has 0 fully saturated rings. The molecule has 32 heavy (non-hydrogen) atoms. The first-order chi connectivity index (χ1) is 15.0. The molecule has 3 rings (SSSR count). The van der Waals surface area contributed by atoms with Gasteiger partial charge in [-0.25, -0.2) is 4.79 Å². The van der Waals surface area contributed by atoms with Crippen LogP contribution in [0.1, 0.15) is 5.69 Å². The number of hydrogen-bond acceptors (Lipinski definition) is 5. The van der Waals surface area contributed by atoms with Gasteiger partial charge in [0.15, 0.2) is 0 Å². The molecule has 0 saturated carbocycles. The van der Waals surface area contributed by atoms with Crippen molar-refractivity contribution in [2.24, 2.45) is 0 Å². The Morgan fingerprint density at radius 2 is 1.78 bits per heavy atom. The minimum absolute atomic E-state index is 0. The molecule has 3 aromatic rings. The lowest BCUT2D eigenvalue weighted by atomic mass is 10.0. The quantitative estimate of drug-likeness (QED) is 0.391. The standard InChI is InChI=1S/C23H24N4O4.ClH/c1-24-21(22(28)29)15-31-20-10-5-7-17(13-20)16-6-4-9-18(12-16)27-23(30)26-14-19-8-2-3-11-25-19;/h2-13,21,24H,14-15H2,1H3,(H,28,29)(H2,26,27,30);1H. The van der Waals surface area contributed by atoms with Crippen LogP contribution in [-0.2, 0) is 11.3 Å². The molecule has 4 N–H and O–H groups in total. The summed E-state index contributed by atoms with van der Waals surface area (Å²) in [6, 6.07) is 19.2. The molecule has 0 saturated heterocycles. The number of nitrogens with one attached hydrogen (secondary N) is 3. The fraction of sp³-hybridized carbons (Fsp3) is 0.174. The second-order valence-electron chi connectivity index (χ2n) is 6.73. The Kier molecular flexibility index (Phi) is 9.46. The number of ether oxygens (including phenoxy) is 1. The van der Waals surface area contributed by atoms with Crippen LogP contribution in [0.3, 0.4) is 0 Å². The van der Waals surface area contributed by atoms with Crippen LogP contribution in [0.4, 0.5) is 10.5 Å². The minimum atomic E-state index is -0.973. The second kappa shape index (κ2) is 12.3. The number of pyridine rings is 1. The summed E-state index contributed by atoms with van der Waals surface area (Å²) in [5, 5.41) is 17.4. The first kappa shape index (κ1) is 24.6. The van der Waals surface area contributed by atoms with Gasteiger partial charge in [-0.1, -0.05) is 30.3 Å². The molecule has 2 amide bonds. The number of aromatic nitrogens is 1. The van der Waals surface area contributed by atoms with Crippen molar-refractivity contribution >= 4 is 30.1 Å². The van der Waals surface area contributed by atoms with Gasteiger partial charge in [-0.3, -0.25) is 9.78 Å². The van der Waals surface area contributed by atoms with E-state index in [0.29, 0.717) is 18.0 Å². The topological polar surface area (TPSA) is 113 Å². The van der Waals surface area contributed by atoms with Gasteiger partial charge in [-0.05, 0) is 54.6 Å². The molecular weight excluding hydrogens is 432 g/mol. The van der Waals surface area contributed by atoms with Crippen molar-refractivity contribution in [2.75, 3.05) is 19.0 Å². The molecule has 8 nitrogen and oxygen atoms in total. The van der Waals surface area contributed by atoms with Crippen molar-refractivity contribution in [1.29, 1.82) is 0 Å². The summed E-state index contributed by atoms with van der Waals surface area (Å²) in [4.78, 5) is 27.5. The number of urea groups is 1. The van der Waals surface area contributed by atoms with E-state index in [0.717, 1.165) is 16.8 Å². The number of carboxylic acid groups (broad SMARTS) is 1. The highest BCUT2D eigenvalue weighted by Gasteiger charge is 2.15. The summed E-state index contributed by atoms with van der Waals surface area (Å²) in [6.45, 7) is 0.336. The Morgan fingerprint density at radius 1 is 1.03 bits per heavy atom. The number of benzene rings is 2. The van der Waals surface area contributed by atoms with Gasteiger partial charge in [0.2, 0.25) is 0 Å². The smallest absolute Gasteiger partial charge is 0.324 e. The molecule has 0 aliphatic heterocycles. The predicted molar refractivity (Wildman–Crippen MR) is 125 cm³/mol. The molecule has 0 radical (unpaired) electrons. The summed E-state index contributed by atoms with van der Waals surface area (Å²) >= 11 is 0. The zero-order chi connectivity index (χ0) is 22.1. The highest BCUT2D eigenvalue weighted by atomic mass is 35.5. The maximum Gasteiger partial charge on any atom is 0.324 e. The highest BCUT2D eigenvalue weighted by molar-refractivity contribution is 5.90. The normalized spacial score (nSPS) is 11.0. The van der Waals surface area contributed by atoms with Gasteiger partial charge in [0.25, 0.3) is 0 Å². The number of rotatable bonds is 9. The molecule has 2 aromatic carbocycles. The van der Waals surface area contributed by atoms with Crippen LogP contribution in [0.2, 0.25) is 0 Å². The molecule has 0 aliphatic rings. The maximum absolute atomic E-state index is 12.2. The zero-order valence-electron chi connectivity index (χ0n) is 17.4. The molecule has 1 atom stereocenters. The highest BCUT2D eigenvalue weighted by Crippen LogP contribution is 2.26. The van der Waals surface area contributed by atoms with Crippen molar-refractivity contribution < 1.29 is 19.4 Å². The third kappa shape index (κ3) is 7.26. The second-order valence-corrected chi connectivity index (χ2v) is 6.73. The molecular formula is C23H25ClN4O4. The van der Waals surface area contributed by atoms with Crippen molar-refractivity contribution in [3.05, 3.63) is 78.6 Å². The van der Waals surface area contributed by atoms with E-state index in [2.05, 4.69) is 20.9 Å². The number of carboxylic acids is 1. The lowest BCUT2D eigenvalue weighted by Gasteiger charge is -2.14. The maximum atomic E-state index is 12.2. The molecule has 0 spiro atoms. The van der Waals surface area contributed by atoms with Gasteiger partial charge >= 0.3 is 12.0 Å². The average molecular weight is 457 g/mol. The van der Waals surface area contributed by atoms with E-state index in [4.69, 9.17) is 9.84 Å². The largest absolute Gasteiger partial charge is 0.491 e. The van der Waals surface area contributed by atoms with Gasteiger partial charge < -0.3 is 25.8 Å². The number of hydrogen-bond donors (Lipinski definition) is 4. The van der Waals surface area contributed by atoms with E-state index in [1.807, 2.05) is 54.6 Å². The van der Waals surface area contributed by atoms with Gasteiger partial charge in [-0.2, -0.15) is 0 Å². The minimum Gasteiger partial charge on any atom is -0.491 e. The number of nitrogens with zero attached hydrogens (tertiary/aromatic N) is 1. The molecule has 0 aliphatic carbocycles. The van der Waals surface area contributed by atoms with Crippen LogP contribution in [0.25, 0.3) is 11.1 Å². The lowest BCUT2D eigenvalue weighted by Crippen LogP contribution is -2.39.